The molecule has 132 valence electrons. The Bertz CT molecular complexity index is 1180. The van der Waals surface area contributed by atoms with Crippen LogP contribution in [0.4, 0.5) is 5.82 Å². The van der Waals surface area contributed by atoms with E-state index in [9.17, 15) is 4.79 Å². The maximum absolute atomic E-state index is 11.7. The van der Waals surface area contributed by atoms with Gasteiger partial charge in [0.05, 0.1) is 17.3 Å². The first-order valence-electron chi connectivity index (χ1n) is 8.38. The number of carbonyl (C=O) groups excluding carboxylic acids is 1. The van der Waals surface area contributed by atoms with Gasteiger partial charge in [-0.15, -0.1) is 0 Å². The lowest BCUT2D eigenvalue weighted by molar-refractivity contribution is -0.116. The minimum Gasteiger partial charge on any atom is -0.488 e. The van der Waals surface area contributed by atoms with Gasteiger partial charge < -0.3 is 4.74 Å². The molecule has 0 spiro atoms. The van der Waals surface area contributed by atoms with Crippen molar-refractivity contribution in [3.05, 3.63) is 59.4 Å². The number of para-hydroxylation sites is 1. The summed E-state index contributed by atoms with van der Waals surface area (Å²) < 4.78 is 5.65. The Morgan fingerprint density at radius 1 is 1.00 bits per heavy atom. The maximum Gasteiger partial charge on any atom is 0.250 e. The van der Waals surface area contributed by atoms with Crippen LogP contribution in [-0.4, -0.2) is 34.9 Å². The molecule has 1 aliphatic rings. The summed E-state index contributed by atoms with van der Waals surface area (Å²) in [6.07, 6.45) is 6.24. The van der Waals surface area contributed by atoms with E-state index >= 15 is 0 Å². The van der Waals surface area contributed by atoms with Gasteiger partial charge in [-0.3, -0.25) is 9.79 Å². The molecule has 0 unspecified atom stereocenters. The predicted molar refractivity (Wildman–Crippen MR) is 103 cm³/mol. The second-order valence-corrected chi connectivity index (χ2v) is 5.73. The second-order valence-electron chi connectivity index (χ2n) is 5.73. The van der Waals surface area contributed by atoms with Crippen molar-refractivity contribution in [1.29, 1.82) is 0 Å². The Morgan fingerprint density at radius 3 is 2.89 bits per heavy atom. The summed E-state index contributed by atoms with van der Waals surface area (Å²) in [5, 5.41) is 2.31. The van der Waals surface area contributed by atoms with Crippen molar-refractivity contribution in [3.8, 4) is 5.75 Å². The minimum atomic E-state index is -0.282. The molecule has 3 aromatic rings. The fraction of sp³-hybridized carbons (Fsp3) is 0.100. The highest BCUT2D eigenvalue weighted by molar-refractivity contribution is 5.95. The van der Waals surface area contributed by atoms with Gasteiger partial charge in [-0.25, -0.2) is 20.0 Å². The molecule has 7 nitrogen and oxygen atoms in total. The Kier molecular flexibility index (Phi) is 4.74. The summed E-state index contributed by atoms with van der Waals surface area (Å²) >= 11 is 0. The standard InChI is InChI=1S/C20H15N5O2/c26-19-7-8-21-12-14-3-1-2-4-17(14)25-20-16-11-15(27-10-9-22-19)5-6-18(16)23-13-24-20/h1-6,8-9,11-13H,7,10H2/b14-12-,21-8-,22-9-,25-17-. The molecule has 0 radical (unpaired) electrons. The Labute approximate surface area is 154 Å². The molecule has 0 saturated carbocycles. The number of amides is 1. The second kappa shape index (κ2) is 7.65. The Hall–Kier alpha value is -3.74. The van der Waals surface area contributed by atoms with Crippen LogP contribution in [0.15, 0.2) is 63.8 Å². The average molecular weight is 357 g/mol. The zero-order chi connectivity index (χ0) is 18.5. The normalized spacial score (nSPS) is 19.2. The van der Waals surface area contributed by atoms with Crippen LogP contribution in [0.5, 0.6) is 5.75 Å². The molecule has 1 amide bonds. The van der Waals surface area contributed by atoms with Crippen molar-refractivity contribution in [3.63, 3.8) is 0 Å². The number of hydrogen-bond donors (Lipinski definition) is 0. The molecule has 1 aliphatic heterocycles. The number of hydrogen-bond acceptors (Lipinski definition) is 6. The van der Waals surface area contributed by atoms with Crippen LogP contribution in [0.2, 0.25) is 0 Å². The van der Waals surface area contributed by atoms with E-state index in [0.29, 0.717) is 11.6 Å². The third-order valence-electron chi connectivity index (χ3n) is 3.89. The zero-order valence-electron chi connectivity index (χ0n) is 14.3. The highest BCUT2D eigenvalue weighted by Crippen LogP contribution is 2.25. The van der Waals surface area contributed by atoms with Gasteiger partial charge in [0, 0.05) is 29.2 Å². The number of aromatic nitrogens is 2. The molecule has 0 atom stereocenters. The quantitative estimate of drug-likeness (QED) is 0.613. The largest absolute Gasteiger partial charge is 0.488 e. The number of carbonyl (C=O) groups is 1. The molecular weight excluding hydrogens is 342 g/mol. The molecule has 1 aromatic heterocycles. The number of rotatable bonds is 0. The van der Waals surface area contributed by atoms with E-state index < -0.39 is 0 Å². The van der Waals surface area contributed by atoms with E-state index in [2.05, 4.69) is 20.0 Å². The van der Waals surface area contributed by atoms with Crippen molar-refractivity contribution in [1.82, 2.24) is 9.97 Å². The lowest BCUT2D eigenvalue weighted by Crippen LogP contribution is -2.23. The zero-order valence-corrected chi connectivity index (χ0v) is 14.3. The summed E-state index contributed by atoms with van der Waals surface area (Å²) in [5.74, 6) is 0.891. The van der Waals surface area contributed by atoms with Gasteiger partial charge in [-0.1, -0.05) is 18.2 Å². The average Bonchev–Trinajstić information content (AvgIpc) is 2.69. The molecule has 0 aliphatic carbocycles. The van der Waals surface area contributed by atoms with Crippen LogP contribution in [-0.2, 0) is 4.79 Å². The predicted octanol–water partition coefficient (Wildman–Crippen LogP) is 1.77. The van der Waals surface area contributed by atoms with E-state index in [1.54, 1.807) is 6.20 Å². The molecular formula is C20H15N5O2. The van der Waals surface area contributed by atoms with Gasteiger partial charge in [-0.2, -0.15) is 0 Å². The van der Waals surface area contributed by atoms with Crippen LogP contribution in [0.25, 0.3) is 17.1 Å². The first kappa shape index (κ1) is 16.7. The summed E-state index contributed by atoms with van der Waals surface area (Å²) in [5.41, 5.74) is 0.764. The van der Waals surface area contributed by atoms with Gasteiger partial charge >= 0.3 is 0 Å². The monoisotopic (exact) mass is 357 g/mol. The number of aliphatic imine (C=N–C) groups is 2. The highest BCUT2D eigenvalue weighted by Gasteiger charge is 2.05. The maximum atomic E-state index is 11.7. The molecule has 27 heavy (non-hydrogen) atoms. The molecule has 0 fully saturated rings. The molecule has 0 saturated heterocycles. The van der Waals surface area contributed by atoms with Crippen molar-refractivity contribution < 1.29 is 9.53 Å². The SMILES string of the molecule is O=C1C\C=N/C=c2/cccc/c2=N/c2ncnc3ccc(cc23)OC/C=N\1. The summed E-state index contributed by atoms with van der Waals surface area (Å²) in [6, 6.07) is 13.1. The highest BCUT2D eigenvalue weighted by atomic mass is 16.5. The van der Waals surface area contributed by atoms with Crippen LogP contribution in [0.3, 0.4) is 0 Å². The summed E-state index contributed by atoms with van der Waals surface area (Å²) in [7, 11) is 0. The van der Waals surface area contributed by atoms with Crippen molar-refractivity contribution >= 4 is 41.3 Å². The van der Waals surface area contributed by atoms with Gasteiger partial charge in [0.2, 0.25) is 0 Å². The third kappa shape index (κ3) is 3.92. The number of nitrogens with zero attached hydrogens (tertiary/aromatic N) is 5. The van der Waals surface area contributed by atoms with E-state index in [0.717, 1.165) is 21.5 Å². The minimum absolute atomic E-state index is 0.119. The van der Waals surface area contributed by atoms with Crippen LogP contribution in [0, 0.1) is 0 Å². The van der Waals surface area contributed by atoms with Gasteiger partial charge in [-0.05, 0) is 24.3 Å². The molecule has 2 aromatic carbocycles. The Balaban J connectivity index is 1.94. The van der Waals surface area contributed by atoms with E-state index in [1.807, 2.05) is 42.5 Å². The fourth-order valence-electron chi connectivity index (χ4n) is 2.60. The van der Waals surface area contributed by atoms with Crippen LogP contribution >= 0.6 is 0 Å². The number of benzene rings is 2. The lowest BCUT2D eigenvalue weighted by atomic mass is 10.2. The van der Waals surface area contributed by atoms with Gasteiger partial charge in [0.25, 0.3) is 5.91 Å². The van der Waals surface area contributed by atoms with Crippen LogP contribution < -0.4 is 15.3 Å². The van der Waals surface area contributed by atoms with Crippen LogP contribution in [0.1, 0.15) is 6.42 Å². The summed E-state index contributed by atoms with van der Waals surface area (Å²) in [4.78, 5) is 33.1. The van der Waals surface area contributed by atoms with Gasteiger partial charge in [0.15, 0.2) is 5.82 Å². The topological polar surface area (TPSA) is 89.2 Å². The van der Waals surface area contributed by atoms with E-state index in [1.165, 1.54) is 18.8 Å². The molecule has 4 rings (SSSR count). The first-order valence-corrected chi connectivity index (χ1v) is 8.38. The molecule has 0 N–H and O–H groups in total. The fourth-order valence-corrected chi connectivity index (χ4v) is 2.60. The van der Waals surface area contributed by atoms with E-state index in [-0.39, 0.29) is 18.9 Å². The smallest absolute Gasteiger partial charge is 0.250 e. The van der Waals surface area contributed by atoms with Crippen molar-refractivity contribution in [2.45, 2.75) is 6.42 Å². The van der Waals surface area contributed by atoms with Crippen molar-refractivity contribution in [2.24, 2.45) is 15.0 Å². The van der Waals surface area contributed by atoms with E-state index in [4.69, 9.17) is 9.73 Å². The van der Waals surface area contributed by atoms with Gasteiger partial charge in [0.1, 0.15) is 18.7 Å². The number of fused-ring (bicyclic) bond motifs is 2. The lowest BCUT2D eigenvalue weighted by Gasteiger charge is -2.05. The molecule has 7 heteroatoms. The molecule has 2 heterocycles. The first-order chi connectivity index (χ1) is 13.3. The number of ether oxygens (including phenoxy) is 1. The third-order valence-corrected chi connectivity index (χ3v) is 3.89. The Morgan fingerprint density at radius 2 is 1.93 bits per heavy atom. The molecule has 2 bridgehead atoms. The summed E-state index contributed by atoms with van der Waals surface area (Å²) in [6.45, 7) is 0.184. The van der Waals surface area contributed by atoms with Crippen molar-refractivity contribution in [2.75, 3.05) is 6.61 Å².